The fourth-order valence-corrected chi connectivity index (χ4v) is 7.06. The molecule has 15 heteroatoms. The van der Waals surface area contributed by atoms with Crippen LogP contribution in [0.1, 0.15) is 59.1 Å². The number of rotatable bonds is 11. The Balaban J connectivity index is 1.50. The number of methoxy groups -OCH3 is 2. The van der Waals surface area contributed by atoms with Gasteiger partial charge in [0.25, 0.3) is 5.56 Å². The number of para-hydroxylation sites is 1. The van der Waals surface area contributed by atoms with Crippen molar-refractivity contribution in [2.45, 2.75) is 79.1 Å². The Morgan fingerprint density at radius 3 is 2.13 bits per heavy atom. The fraction of sp³-hybridized carbons (Fsp3) is 0.475. The van der Waals surface area contributed by atoms with Crippen molar-refractivity contribution in [1.29, 1.82) is 0 Å². The lowest BCUT2D eigenvalue weighted by atomic mass is 10.0. The average Bonchev–Trinajstić information content (AvgIpc) is 3.10. The van der Waals surface area contributed by atoms with E-state index >= 15 is 0 Å². The molecule has 4 aromatic rings. The number of hydrogen-bond acceptors (Lipinski definition) is 11. The maximum atomic E-state index is 14.6. The Kier molecular flexibility index (Phi) is 12.9. The number of aryl methyl sites for hydroxylation is 2. The standard InChI is InChI=1S/C40H50Cl2N6O7/c1-24-12-10-13-25(21-30(49)54-39(2,3)4)34(24)44-37-43-23-26-20-27(31-32(41)28(52-8)22-29(53-9)33(31)42)36(50)48(35(26)45-37)15-11-14-46-16-18-47(19-17-46)38(51)55-40(5,6)7/h10,12-13,20,22-23H,11,14-19,21H2,1-9H3,(H,43,44,45). The summed E-state index contributed by atoms with van der Waals surface area (Å²) in [6.45, 7) is 16.4. The quantitative estimate of drug-likeness (QED) is 0.150. The van der Waals surface area contributed by atoms with Gasteiger partial charge in [0.1, 0.15) is 28.3 Å². The molecule has 55 heavy (non-hydrogen) atoms. The molecule has 1 aliphatic rings. The summed E-state index contributed by atoms with van der Waals surface area (Å²) in [6.07, 6.45) is 1.95. The first-order valence-corrected chi connectivity index (χ1v) is 18.9. The van der Waals surface area contributed by atoms with Gasteiger partial charge in [-0.1, -0.05) is 41.4 Å². The Labute approximate surface area is 331 Å². The maximum Gasteiger partial charge on any atom is 0.410 e. The van der Waals surface area contributed by atoms with Crippen LogP contribution in [-0.2, 0) is 27.2 Å². The van der Waals surface area contributed by atoms with Crippen LogP contribution in [-0.4, -0.2) is 94.5 Å². The van der Waals surface area contributed by atoms with Gasteiger partial charge in [0.15, 0.2) is 0 Å². The van der Waals surface area contributed by atoms with Crippen LogP contribution in [0.15, 0.2) is 41.3 Å². The largest absolute Gasteiger partial charge is 0.495 e. The second kappa shape index (κ2) is 17.1. The van der Waals surface area contributed by atoms with Crippen LogP contribution < -0.4 is 20.3 Å². The lowest BCUT2D eigenvalue weighted by molar-refractivity contribution is -0.153. The summed E-state index contributed by atoms with van der Waals surface area (Å²) in [5.41, 5.74) is 1.60. The molecular weight excluding hydrogens is 747 g/mol. The molecule has 1 amide bonds. The molecule has 1 fully saturated rings. The lowest BCUT2D eigenvalue weighted by Gasteiger charge is -2.35. The van der Waals surface area contributed by atoms with E-state index in [2.05, 4.69) is 15.2 Å². The first-order valence-electron chi connectivity index (χ1n) is 18.2. The van der Waals surface area contributed by atoms with Crippen molar-refractivity contribution in [2.24, 2.45) is 0 Å². The third kappa shape index (κ3) is 10.2. The predicted octanol–water partition coefficient (Wildman–Crippen LogP) is 7.66. The number of nitrogens with zero attached hydrogens (tertiary/aromatic N) is 5. The maximum absolute atomic E-state index is 14.6. The molecule has 0 unspecified atom stereocenters. The topological polar surface area (TPSA) is 137 Å². The Morgan fingerprint density at radius 2 is 1.53 bits per heavy atom. The lowest BCUT2D eigenvalue weighted by Crippen LogP contribution is -2.50. The van der Waals surface area contributed by atoms with E-state index in [1.807, 2.05) is 66.7 Å². The van der Waals surface area contributed by atoms with Gasteiger partial charge in [0.2, 0.25) is 5.95 Å². The third-order valence-corrected chi connectivity index (χ3v) is 9.65. The van der Waals surface area contributed by atoms with Gasteiger partial charge in [0.05, 0.1) is 36.2 Å². The van der Waals surface area contributed by atoms with Crippen LogP contribution in [0.2, 0.25) is 10.0 Å². The number of amides is 1. The van der Waals surface area contributed by atoms with E-state index < -0.39 is 11.2 Å². The minimum atomic E-state index is -0.628. The van der Waals surface area contributed by atoms with Crippen molar-refractivity contribution in [3.05, 3.63) is 68.1 Å². The minimum Gasteiger partial charge on any atom is -0.495 e. The second-order valence-electron chi connectivity index (χ2n) is 15.4. The van der Waals surface area contributed by atoms with E-state index in [1.165, 1.54) is 14.2 Å². The number of carbonyl (C=O) groups is 2. The molecule has 0 radical (unpaired) electrons. The number of hydrogen-bond donors (Lipinski definition) is 1. The zero-order valence-electron chi connectivity index (χ0n) is 33.0. The van der Waals surface area contributed by atoms with E-state index in [4.69, 9.17) is 47.1 Å². The highest BCUT2D eigenvalue weighted by molar-refractivity contribution is 6.41. The molecule has 2 aromatic carbocycles. The van der Waals surface area contributed by atoms with Crippen molar-refractivity contribution >= 4 is 57.9 Å². The number of esters is 1. The Hall–Kier alpha value is -4.59. The Bertz CT molecular complexity index is 2090. The number of carbonyl (C=O) groups excluding carboxylic acids is 2. The summed E-state index contributed by atoms with van der Waals surface area (Å²) < 4.78 is 23.7. The predicted molar refractivity (Wildman–Crippen MR) is 215 cm³/mol. The minimum absolute atomic E-state index is 0.0421. The van der Waals surface area contributed by atoms with Crippen LogP contribution in [0.5, 0.6) is 11.5 Å². The molecule has 0 aliphatic carbocycles. The van der Waals surface area contributed by atoms with E-state index in [1.54, 1.807) is 27.8 Å². The van der Waals surface area contributed by atoms with E-state index in [0.29, 0.717) is 79.5 Å². The molecule has 0 atom stereocenters. The van der Waals surface area contributed by atoms with Gasteiger partial charge in [-0.2, -0.15) is 4.98 Å². The van der Waals surface area contributed by atoms with Gasteiger partial charge < -0.3 is 29.2 Å². The summed E-state index contributed by atoms with van der Waals surface area (Å²) in [7, 11) is 2.94. The number of fused-ring (bicyclic) bond motifs is 1. The van der Waals surface area contributed by atoms with E-state index in [0.717, 1.165) is 5.56 Å². The zero-order valence-corrected chi connectivity index (χ0v) is 34.5. The van der Waals surface area contributed by atoms with Gasteiger partial charge >= 0.3 is 12.1 Å². The van der Waals surface area contributed by atoms with Gasteiger partial charge in [-0.05, 0) is 78.6 Å². The van der Waals surface area contributed by atoms with Crippen LogP contribution in [0.25, 0.3) is 22.2 Å². The molecule has 2 aromatic heterocycles. The number of piperazine rings is 1. The number of nitrogens with one attached hydrogen (secondary N) is 1. The van der Waals surface area contributed by atoms with E-state index in [9.17, 15) is 14.4 Å². The molecule has 5 rings (SSSR count). The van der Waals surface area contributed by atoms with Crippen molar-refractivity contribution < 1.29 is 28.5 Å². The average molecular weight is 798 g/mol. The molecule has 1 aliphatic heterocycles. The number of pyridine rings is 1. The molecule has 3 heterocycles. The van der Waals surface area contributed by atoms with Gasteiger partial charge in [0, 0.05) is 61.6 Å². The molecule has 0 saturated carbocycles. The number of benzene rings is 2. The van der Waals surface area contributed by atoms with Crippen molar-refractivity contribution in [3.8, 4) is 22.6 Å². The SMILES string of the molecule is COc1cc(OC)c(Cl)c(-c2cc3cnc(Nc4c(C)cccc4CC(=O)OC(C)(C)C)nc3n(CCCN3CCN(C(=O)OC(C)(C)C)CC3)c2=O)c1Cl. The monoisotopic (exact) mass is 796 g/mol. The molecule has 1 saturated heterocycles. The van der Waals surface area contributed by atoms with Crippen LogP contribution >= 0.6 is 23.2 Å². The first-order chi connectivity index (χ1) is 25.9. The fourth-order valence-electron chi connectivity index (χ4n) is 6.36. The molecule has 13 nitrogen and oxygen atoms in total. The molecule has 0 bridgehead atoms. The van der Waals surface area contributed by atoms with Crippen molar-refractivity contribution in [3.63, 3.8) is 0 Å². The molecular formula is C40H50Cl2N6O7. The summed E-state index contributed by atoms with van der Waals surface area (Å²) in [4.78, 5) is 53.4. The highest BCUT2D eigenvalue weighted by Crippen LogP contribution is 2.45. The summed E-state index contributed by atoms with van der Waals surface area (Å²) >= 11 is 13.6. The molecule has 296 valence electrons. The van der Waals surface area contributed by atoms with Gasteiger partial charge in [-0.3, -0.25) is 19.1 Å². The van der Waals surface area contributed by atoms with E-state index in [-0.39, 0.29) is 51.2 Å². The second-order valence-corrected chi connectivity index (χ2v) is 16.2. The van der Waals surface area contributed by atoms with Gasteiger partial charge in [-0.15, -0.1) is 0 Å². The Morgan fingerprint density at radius 1 is 0.891 bits per heavy atom. The number of anilines is 2. The zero-order chi connectivity index (χ0) is 40.2. The number of ether oxygens (including phenoxy) is 4. The van der Waals surface area contributed by atoms with Crippen molar-refractivity contribution in [2.75, 3.05) is 52.3 Å². The van der Waals surface area contributed by atoms with Crippen LogP contribution in [0.4, 0.5) is 16.4 Å². The highest BCUT2D eigenvalue weighted by Gasteiger charge is 2.27. The number of halogens is 2. The first kappa shape index (κ1) is 41.6. The van der Waals surface area contributed by atoms with Crippen LogP contribution in [0, 0.1) is 6.92 Å². The van der Waals surface area contributed by atoms with Crippen LogP contribution in [0.3, 0.4) is 0 Å². The smallest absolute Gasteiger partial charge is 0.410 e. The summed E-state index contributed by atoms with van der Waals surface area (Å²) in [5.74, 6) is 0.474. The summed E-state index contributed by atoms with van der Waals surface area (Å²) in [6, 6.07) is 8.89. The molecule has 0 spiro atoms. The molecule has 1 N–H and O–H groups in total. The van der Waals surface area contributed by atoms with Crippen molar-refractivity contribution in [1.82, 2.24) is 24.3 Å². The highest BCUT2D eigenvalue weighted by atomic mass is 35.5. The summed E-state index contributed by atoms with van der Waals surface area (Å²) in [5, 5.41) is 4.20. The van der Waals surface area contributed by atoms with Gasteiger partial charge in [-0.25, -0.2) is 9.78 Å². The normalized spacial score (nSPS) is 13.8. The third-order valence-electron chi connectivity index (χ3n) is 8.90. The number of aromatic nitrogens is 3.